The molecule has 21 heavy (non-hydrogen) atoms. The summed E-state index contributed by atoms with van der Waals surface area (Å²) in [6, 6.07) is -0.695. The Balaban J connectivity index is 1.73. The van der Waals surface area contributed by atoms with E-state index in [9.17, 15) is 19.8 Å². The van der Waals surface area contributed by atoms with E-state index >= 15 is 0 Å². The molecule has 2 fully saturated rings. The summed E-state index contributed by atoms with van der Waals surface area (Å²) in [5.41, 5.74) is -1.64. The van der Waals surface area contributed by atoms with Crippen molar-refractivity contribution in [2.45, 2.75) is 82.1 Å². The first-order chi connectivity index (χ1) is 9.75. The molecule has 0 aliphatic heterocycles. The molecule has 0 spiro atoms. The van der Waals surface area contributed by atoms with Crippen LogP contribution in [0.4, 0.5) is 0 Å². The van der Waals surface area contributed by atoms with Crippen LogP contribution in [0.15, 0.2) is 0 Å². The highest BCUT2D eigenvalue weighted by molar-refractivity contribution is 5.97. The molecule has 2 amide bonds. The molecule has 2 rings (SSSR count). The Bertz CT molecular complexity index is 378. The first-order valence-corrected chi connectivity index (χ1v) is 7.79. The third-order valence-corrected chi connectivity index (χ3v) is 5.13. The van der Waals surface area contributed by atoms with Gasteiger partial charge in [-0.1, -0.05) is 0 Å². The Morgan fingerprint density at radius 1 is 0.905 bits per heavy atom. The lowest BCUT2D eigenvalue weighted by Gasteiger charge is -2.42. The van der Waals surface area contributed by atoms with E-state index < -0.39 is 23.0 Å². The Labute approximate surface area is 125 Å². The van der Waals surface area contributed by atoms with E-state index in [0.29, 0.717) is 25.7 Å². The van der Waals surface area contributed by atoms with E-state index in [4.69, 9.17) is 0 Å². The molecular formula is C15H26N2O4. The largest absolute Gasteiger partial charge is 0.388 e. The fourth-order valence-electron chi connectivity index (χ4n) is 2.94. The molecule has 0 heterocycles. The summed E-state index contributed by atoms with van der Waals surface area (Å²) < 4.78 is 0. The maximum Gasteiger partial charge on any atom is 0.229 e. The number of nitrogens with one attached hydrogen (secondary N) is 2. The normalized spacial score (nSPS) is 25.0. The van der Waals surface area contributed by atoms with E-state index in [1.165, 1.54) is 0 Å². The Hall–Kier alpha value is -1.14. The molecule has 0 bridgehead atoms. The highest BCUT2D eigenvalue weighted by Gasteiger charge is 2.42. The summed E-state index contributed by atoms with van der Waals surface area (Å²) in [6.07, 6.45) is 4.40. The minimum atomic E-state index is -0.819. The minimum absolute atomic E-state index is 0.277. The van der Waals surface area contributed by atoms with Crippen molar-refractivity contribution in [2.75, 3.05) is 0 Å². The first-order valence-electron chi connectivity index (χ1n) is 7.79. The van der Waals surface area contributed by atoms with Gasteiger partial charge in [0.1, 0.15) is 6.42 Å². The molecular weight excluding hydrogens is 272 g/mol. The Morgan fingerprint density at radius 3 is 1.48 bits per heavy atom. The van der Waals surface area contributed by atoms with Gasteiger partial charge >= 0.3 is 0 Å². The van der Waals surface area contributed by atoms with Crippen LogP contribution in [0, 0.1) is 0 Å². The summed E-state index contributed by atoms with van der Waals surface area (Å²) >= 11 is 0. The van der Waals surface area contributed by atoms with Crippen molar-refractivity contribution in [1.29, 1.82) is 0 Å². The maximum absolute atomic E-state index is 11.8. The van der Waals surface area contributed by atoms with Gasteiger partial charge in [0.15, 0.2) is 0 Å². The molecule has 4 N–H and O–H groups in total. The molecule has 120 valence electrons. The Kier molecular flexibility index (Phi) is 4.58. The lowest BCUT2D eigenvalue weighted by Crippen LogP contribution is -2.57. The van der Waals surface area contributed by atoms with Crippen molar-refractivity contribution in [3.8, 4) is 0 Å². The van der Waals surface area contributed by atoms with Crippen molar-refractivity contribution in [1.82, 2.24) is 10.6 Å². The topological polar surface area (TPSA) is 98.7 Å². The van der Waals surface area contributed by atoms with E-state index in [2.05, 4.69) is 10.6 Å². The van der Waals surface area contributed by atoms with E-state index in [0.717, 1.165) is 12.8 Å². The number of carbonyl (C=O) groups is 2. The SMILES string of the molecule is C[C@@H](NC(=O)CC(=O)N[C@H](C)C1(O)CCC1)C1(O)CCC1. The van der Waals surface area contributed by atoms with Gasteiger partial charge in [-0.05, 0) is 52.4 Å². The monoisotopic (exact) mass is 298 g/mol. The van der Waals surface area contributed by atoms with Gasteiger partial charge < -0.3 is 20.8 Å². The summed E-state index contributed by atoms with van der Waals surface area (Å²) in [7, 11) is 0. The molecule has 2 saturated carbocycles. The zero-order valence-corrected chi connectivity index (χ0v) is 12.8. The molecule has 0 aromatic rings. The second kappa shape index (κ2) is 5.93. The lowest BCUT2D eigenvalue weighted by molar-refractivity contribution is -0.134. The molecule has 2 aliphatic rings. The average Bonchev–Trinajstić information content (AvgIpc) is 2.32. The van der Waals surface area contributed by atoms with Crippen molar-refractivity contribution in [3.05, 3.63) is 0 Å². The van der Waals surface area contributed by atoms with Crippen LogP contribution in [0.1, 0.15) is 58.8 Å². The summed E-state index contributed by atoms with van der Waals surface area (Å²) in [6.45, 7) is 3.52. The van der Waals surface area contributed by atoms with Crippen LogP contribution < -0.4 is 10.6 Å². The summed E-state index contributed by atoms with van der Waals surface area (Å²) in [4.78, 5) is 23.6. The Morgan fingerprint density at radius 2 is 1.24 bits per heavy atom. The van der Waals surface area contributed by atoms with E-state index in [1.807, 2.05) is 0 Å². The summed E-state index contributed by atoms with van der Waals surface area (Å²) in [5.74, 6) is -0.791. The van der Waals surface area contributed by atoms with Gasteiger partial charge in [0, 0.05) is 0 Å². The predicted octanol–water partition coefficient (Wildman–Crippen LogP) is 0.216. The average molecular weight is 298 g/mol. The molecule has 6 nitrogen and oxygen atoms in total. The van der Waals surface area contributed by atoms with Crippen molar-refractivity contribution in [2.24, 2.45) is 0 Å². The standard InChI is InChI=1S/C15H26N2O4/c1-10(14(20)5-3-6-14)16-12(18)9-13(19)17-11(2)15(21)7-4-8-15/h10-11,20-21H,3-9H2,1-2H3,(H,16,18)(H,17,19)/t10-,11-/m1/s1. The predicted molar refractivity (Wildman–Crippen MR) is 77.4 cm³/mol. The van der Waals surface area contributed by atoms with Crippen LogP contribution in [0.2, 0.25) is 0 Å². The number of carbonyl (C=O) groups excluding carboxylic acids is 2. The number of rotatable bonds is 6. The van der Waals surface area contributed by atoms with Gasteiger partial charge in [0.05, 0.1) is 23.3 Å². The maximum atomic E-state index is 11.8. The van der Waals surface area contributed by atoms with Crippen LogP contribution in [-0.2, 0) is 9.59 Å². The van der Waals surface area contributed by atoms with Crippen molar-refractivity contribution >= 4 is 11.8 Å². The molecule has 0 saturated heterocycles. The van der Waals surface area contributed by atoms with Crippen LogP contribution >= 0.6 is 0 Å². The molecule has 2 aliphatic carbocycles. The van der Waals surface area contributed by atoms with Crippen LogP contribution in [0.5, 0.6) is 0 Å². The lowest BCUT2D eigenvalue weighted by atomic mass is 9.75. The minimum Gasteiger partial charge on any atom is -0.388 e. The second-order valence-electron chi connectivity index (χ2n) is 6.67. The molecule has 0 radical (unpaired) electrons. The fourth-order valence-corrected chi connectivity index (χ4v) is 2.94. The second-order valence-corrected chi connectivity index (χ2v) is 6.67. The van der Waals surface area contributed by atoms with Crippen molar-refractivity contribution < 1.29 is 19.8 Å². The number of hydrogen-bond acceptors (Lipinski definition) is 4. The van der Waals surface area contributed by atoms with Crippen molar-refractivity contribution in [3.63, 3.8) is 0 Å². The van der Waals surface area contributed by atoms with Gasteiger partial charge in [0.25, 0.3) is 0 Å². The molecule has 0 aromatic heterocycles. The zero-order chi connectivity index (χ0) is 15.7. The highest BCUT2D eigenvalue weighted by Crippen LogP contribution is 2.35. The summed E-state index contributed by atoms with van der Waals surface area (Å²) in [5, 5.41) is 25.6. The van der Waals surface area contributed by atoms with Gasteiger partial charge in [0.2, 0.25) is 11.8 Å². The number of hydrogen-bond donors (Lipinski definition) is 4. The van der Waals surface area contributed by atoms with E-state index in [-0.39, 0.29) is 18.5 Å². The third-order valence-electron chi connectivity index (χ3n) is 5.13. The van der Waals surface area contributed by atoms with E-state index in [1.54, 1.807) is 13.8 Å². The first kappa shape index (κ1) is 16.2. The smallest absolute Gasteiger partial charge is 0.229 e. The molecule has 0 aromatic carbocycles. The molecule has 2 atom stereocenters. The van der Waals surface area contributed by atoms with Gasteiger partial charge in [-0.15, -0.1) is 0 Å². The van der Waals surface area contributed by atoms with Gasteiger partial charge in [-0.3, -0.25) is 9.59 Å². The quantitative estimate of drug-likeness (QED) is 0.527. The van der Waals surface area contributed by atoms with Gasteiger partial charge in [-0.2, -0.15) is 0 Å². The molecule has 0 unspecified atom stereocenters. The number of amides is 2. The highest BCUT2D eigenvalue weighted by atomic mass is 16.3. The molecule has 6 heteroatoms. The fraction of sp³-hybridized carbons (Fsp3) is 0.867. The zero-order valence-electron chi connectivity index (χ0n) is 12.8. The van der Waals surface area contributed by atoms with Crippen LogP contribution in [0.3, 0.4) is 0 Å². The third kappa shape index (κ3) is 3.55. The van der Waals surface area contributed by atoms with Gasteiger partial charge in [-0.25, -0.2) is 0 Å². The number of aliphatic hydroxyl groups is 2. The van der Waals surface area contributed by atoms with Crippen LogP contribution in [-0.4, -0.2) is 45.3 Å². The van der Waals surface area contributed by atoms with Crippen LogP contribution in [0.25, 0.3) is 0 Å².